The number of halogens is 1. The summed E-state index contributed by atoms with van der Waals surface area (Å²) in [6.45, 7) is 0.781. The minimum absolute atomic E-state index is 0.126. The first-order chi connectivity index (χ1) is 13.1. The third kappa shape index (κ3) is 3.47. The van der Waals surface area contributed by atoms with Gasteiger partial charge in [0.05, 0.1) is 11.6 Å². The van der Waals surface area contributed by atoms with Gasteiger partial charge in [-0.2, -0.15) is 4.98 Å². The van der Waals surface area contributed by atoms with Gasteiger partial charge in [-0.05, 0) is 30.3 Å². The molecule has 2 heterocycles. The Bertz CT molecular complexity index is 1020. The zero-order chi connectivity index (χ0) is 18.8. The third-order valence-electron chi connectivity index (χ3n) is 4.02. The highest BCUT2D eigenvalue weighted by atomic mass is 35.5. The van der Waals surface area contributed by atoms with Crippen LogP contribution >= 0.6 is 11.6 Å². The van der Waals surface area contributed by atoms with Gasteiger partial charge in [-0.15, -0.1) is 5.10 Å². The average molecular weight is 384 g/mol. The number of nitrogens with one attached hydrogen (secondary N) is 2. The molecule has 0 saturated carbocycles. The number of cyclic esters (lactones) is 1. The quantitative estimate of drug-likeness (QED) is 0.719. The fraction of sp³-hybridized carbons (Fsp3) is 0.111. The Morgan fingerprint density at radius 3 is 2.85 bits per heavy atom. The van der Waals surface area contributed by atoms with E-state index in [1.807, 2.05) is 12.1 Å². The van der Waals surface area contributed by atoms with Crippen molar-refractivity contribution in [1.29, 1.82) is 0 Å². The van der Waals surface area contributed by atoms with Crippen LogP contribution in [0.3, 0.4) is 0 Å². The van der Waals surface area contributed by atoms with Gasteiger partial charge in [0.25, 0.3) is 5.91 Å². The van der Waals surface area contributed by atoms with Crippen LogP contribution in [0.15, 0.2) is 48.5 Å². The fourth-order valence-corrected chi connectivity index (χ4v) is 2.93. The van der Waals surface area contributed by atoms with Crippen molar-refractivity contribution < 1.29 is 14.3 Å². The topological polar surface area (TPSA) is 100 Å². The second-order valence-electron chi connectivity index (χ2n) is 5.76. The fourth-order valence-electron chi connectivity index (χ4n) is 2.71. The van der Waals surface area contributed by atoms with Crippen LogP contribution in [0, 0.1) is 0 Å². The van der Waals surface area contributed by atoms with E-state index in [1.54, 1.807) is 36.4 Å². The number of H-pyrrole nitrogens is 1. The molecule has 9 heteroatoms. The van der Waals surface area contributed by atoms with Crippen LogP contribution in [0.5, 0.6) is 0 Å². The number of amides is 2. The van der Waals surface area contributed by atoms with Crippen LogP contribution in [-0.2, 0) is 4.74 Å². The molecule has 0 atom stereocenters. The Labute approximate surface area is 159 Å². The van der Waals surface area contributed by atoms with Gasteiger partial charge in [0.2, 0.25) is 5.95 Å². The zero-order valence-electron chi connectivity index (χ0n) is 14.0. The molecule has 1 aromatic heterocycles. The van der Waals surface area contributed by atoms with Crippen LogP contribution < -0.4 is 10.2 Å². The second-order valence-corrected chi connectivity index (χ2v) is 6.17. The molecule has 0 unspecified atom stereocenters. The molecule has 1 aliphatic heterocycles. The summed E-state index contributed by atoms with van der Waals surface area (Å²) in [6.07, 6.45) is -0.425. The number of hydrogen-bond acceptors (Lipinski definition) is 5. The highest BCUT2D eigenvalue weighted by molar-refractivity contribution is 6.33. The van der Waals surface area contributed by atoms with Crippen LogP contribution in [0.2, 0.25) is 5.02 Å². The number of aromatic nitrogens is 3. The van der Waals surface area contributed by atoms with Crippen molar-refractivity contribution in [3.8, 4) is 11.4 Å². The van der Waals surface area contributed by atoms with Crippen molar-refractivity contribution in [2.24, 2.45) is 0 Å². The summed E-state index contributed by atoms with van der Waals surface area (Å²) in [5.74, 6) is 0.180. The number of ether oxygens (including phenoxy) is 1. The first-order valence-electron chi connectivity index (χ1n) is 8.15. The molecule has 0 aliphatic carbocycles. The largest absolute Gasteiger partial charge is 0.447 e. The SMILES string of the molecule is O=C(Nc1n[nH]c(-c2ccccc2Cl)n1)c1cccc(N2CCOC2=O)c1. The average Bonchev–Trinajstić information content (AvgIpc) is 3.31. The smallest absolute Gasteiger partial charge is 0.414 e. The van der Waals surface area contributed by atoms with E-state index in [-0.39, 0.29) is 5.95 Å². The van der Waals surface area contributed by atoms with Gasteiger partial charge >= 0.3 is 6.09 Å². The van der Waals surface area contributed by atoms with Crippen molar-refractivity contribution in [2.75, 3.05) is 23.4 Å². The Kier molecular flexibility index (Phi) is 4.47. The summed E-state index contributed by atoms with van der Waals surface area (Å²) >= 11 is 6.14. The second kappa shape index (κ2) is 7.08. The third-order valence-corrected chi connectivity index (χ3v) is 4.35. The Hall–Kier alpha value is -3.39. The monoisotopic (exact) mass is 383 g/mol. The molecule has 1 saturated heterocycles. The van der Waals surface area contributed by atoms with E-state index >= 15 is 0 Å². The van der Waals surface area contributed by atoms with Gasteiger partial charge < -0.3 is 4.74 Å². The summed E-state index contributed by atoms with van der Waals surface area (Å²) in [5.41, 5.74) is 1.65. The van der Waals surface area contributed by atoms with Gasteiger partial charge in [0.1, 0.15) is 6.61 Å². The lowest BCUT2D eigenvalue weighted by Crippen LogP contribution is -2.23. The first-order valence-corrected chi connectivity index (χ1v) is 8.52. The molecule has 0 bridgehead atoms. The number of rotatable bonds is 4. The predicted molar refractivity (Wildman–Crippen MR) is 99.9 cm³/mol. The van der Waals surface area contributed by atoms with Crippen molar-refractivity contribution in [3.05, 3.63) is 59.1 Å². The number of aromatic amines is 1. The van der Waals surface area contributed by atoms with Gasteiger partial charge in [-0.25, -0.2) is 4.79 Å². The number of hydrogen-bond donors (Lipinski definition) is 2. The molecule has 8 nitrogen and oxygen atoms in total. The zero-order valence-corrected chi connectivity index (χ0v) is 14.7. The molecule has 0 spiro atoms. The van der Waals surface area contributed by atoms with Gasteiger partial charge in [-0.3, -0.25) is 20.1 Å². The van der Waals surface area contributed by atoms with Crippen molar-refractivity contribution >= 4 is 35.2 Å². The number of nitrogens with zero attached hydrogens (tertiary/aromatic N) is 3. The maximum Gasteiger partial charge on any atom is 0.414 e. The van der Waals surface area contributed by atoms with E-state index in [1.165, 1.54) is 4.90 Å². The molecule has 27 heavy (non-hydrogen) atoms. The molecule has 2 amide bonds. The van der Waals surface area contributed by atoms with Gasteiger partial charge in [-0.1, -0.05) is 29.8 Å². The summed E-state index contributed by atoms with van der Waals surface area (Å²) in [7, 11) is 0. The molecule has 0 radical (unpaired) electrons. The molecule has 2 N–H and O–H groups in total. The summed E-state index contributed by atoms with van der Waals surface area (Å²) < 4.78 is 4.92. The lowest BCUT2D eigenvalue weighted by molar-refractivity contribution is 0.102. The van der Waals surface area contributed by atoms with Crippen molar-refractivity contribution in [1.82, 2.24) is 15.2 Å². The van der Waals surface area contributed by atoms with E-state index in [4.69, 9.17) is 16.3 Å². The summed E-state index contributed by atoms with van der Waals surface area (Å²) in [5, 5.41) is 9.90. The lowest BCUT2D eigenvalue weighted by Gasteiger charge is -2.13. The van der Waals surface area contributed by atoms with Crippen molar-refractivity contribution in [3.63, 3.8) is 0 Å². The van der Waals surface area contributed by atoms with E-state index in [9.17, 15) is 9.59 Å². The molecule has 2 aromatic carbocycles. The molecule has 3 aromatic rings. The highest BCUT2D eigenvalue weighted by Gasteiger charge is 2.24. The Balaban J connectivity index is 1.52. The minimum Gasteiger partial charge on any atom is -0.447 e. The number of carbonyl (C=O) groups excluding carboxylic acids is 2. The van der Waals surface area contributed by atoms with Crippen molar-refractivity contribution in [2.45, 2.75) is 0 Å². The van der Waals surface area contributed by atoms with E-state index in [0.29, 0.717) is 40.8 Å². The summed E-state index contributed by atoms with van der Waals surface area (Å²) in [6, 6.07) is 13.9. The molecule has 1 fully saturated rings. The Morgan fingerprint density at radius 1 is 1.22 bits per heavy atom. The minimum atomic E-state index is -0.425. The molecule has 1 aliphatic rings. The highest BCUT2D eigenvalue weighted by Crippen LogP contribution is 2.25. The number of carbonyl (C=O) groups is 2. The van der Waals surface area contributed by atoms with E-state index < -0.39 is 12.0 Å². The molecular weight excluding hydrogens is 370 g/mol. The van der Waals surface area contributed by atoms with Gasteiger partial charge in [0.15, 0.2) is 5.82 Å². The number of anilines is 2. The van der Waals surface area contributed by atoms with E-state index in [2.05, 4.69) is 20.5 Å². The first kappa shape index (κ1) is 17.0. The normalized spacial score (nSPS) is 13.5. The van der Waals surface area contributed by atoms with Crippen LogP contribution in [0.4, 0.5) is 16.4 Å². The van der Waals surface area contributed by atoms with E-state index in [0.717, 1.165) is 0 Å². The molecule has 136 valence electrons. The molecular formula is C18H14ClN5O3. The molecule has 4 rings (SSSR count). The Morgan fingerprint density at radius 2 is 2.07 bits per heavy atom. The maximum absolute atomic E-state index is 12.5. The summed E-state index contributed by atoms with van der Waals surface area (Å²) in [4.78, 5) is 29.9. The van der Waals surface area contributed by atoms with Gasteiger partial charge in [0, 0.05) is 16.8 Å². The van der Waals surface area contributed by atoms with Crippen LogP contribution in [0.1, 0.15) is 10.4 Å². The standard InChI is InChI=1S/C18H14ClN5O3/c19-14-7-2-1-6-13(14)15-20-17(23-22-15)21-16(25)11-4-3-5-12(10-11)24-8-9-27-18(24)26/h1-7,10H,8-9H2,(H2,20,21,22,23,25). The predicted octanol–water partition coefficient (Wildman–Crippen LogP) is 3.33. The maximum atomic E-state index is 12.5. The lowest BCUT2D eigenvalue weighted by atomic mass is 10.2. The number of benzene rings is 2. The van der Waals surface area contributed by atoms with Crippen LogP contribution in [-0.4, -0.2) is 40.3 Å². The van der Waals surface area contributed by atoms with Crippen LogP contribution in [0.25, 0.3) is 11.4 Å².